The third-order valence-corrected chi connectivity index (χ3v) is 6.06. The summed E-state index contributed by atoms with van der Waals surface area (Å²) in [6.45, 7) is 3.00. The minimum Gasteiger partial charge on any atom is -0.477 e. The van der Waals surface area contributed by atoms with Crippen molar-refractivity contribution in [3.05, 3.63) is 28.3 Å². The van der Waals surface area contributed by atoms with E-state index < -0.39 is 21.8 Å². The molecule has 2 saturated heterocycles. The first kappa shape index (κ1) is 18.9. The zero-order valence-corrected chi connectivity index (χ0v) is 15.1. The van der Waals surface area contributed by atoms with Gasteiger partial charge in [0.15, 0.2) is 16.4 Å². The number of morpholine rings is 1. The molecule has 1 unspecified atom stereocenters. The van der Waals surface area contributed by atoms with Gasteiger partial charge in [0.2, 0.25) is 11.2 Å². The van der Waals surface area contributed by atoms with Crippen molar-refractivity contribution in [3.8, 4) is 5.75 Å². The van der Waals surface area contributed by atoms with Gasteiger partial charge in [0.25, 0.3) is 5.91 Å². The summed E-state index contributed by atoms with van der Waals surface area (Å²) in [7, 11) is -3.06. The van der Waals surface area contributed by atoms with Crippen LogP contribution in [0.4, 0.5) is 0 Å². The fourth-order valence-electron chi connectivity index (χ4n) is 2.93. The van der Waals surface area contributed by atoms with E-state index in [1.807, 2.05) is 0 Å². The number of hydrogen-bond acceptors (Lipinski definition) is 8. The van der Waals surface area contributed by atoms with Crippen molar-refractivity contribution < 1.29 is 27.1 Å². The monoisotopic (exact) mass is 386 g/mol. The van der Waals surface area contributed by atoms with Gasteiger partial charge < -0.3 is 19.2 Å². The largest absolute Gasteiger partial charge is 0.477 e. The Bertz CT molecular complexity index is 799. The molecule has 10 heteroatoms. The number of nitrogens with one attached hydrogen (secondary N) is 1. The summed E-state index contributed by atoms with van der Waals surface area (Å²) < 4.78 is 38.6. The van der Waals surface area contributed by atoms with Crippen molar-refractivity contribution in [2.45, 2.75) is 19.0 Å². The Morgan fingerprint density at radius 2 is 2.12 bits per heavy atom. The highest BCUT2D eigenvalue weighted by atomic mass is 32.2. The Balaban J connectivity index is 1.48. The number of carbonyl (C=O) groups excluding carboxylic acids is 1. The summed E-state index contributed by atoms with van der Waals surface area (Å²) in [5, 5.41) is 2.60. The normalized spacial score (nSPS) is 22.8. The van der Waals surface area contributed by atoms with Crippen LogP contribution in [-0.2, 0) is 25.9 Å². The highest BCUT2D eigenvalue weighted by molar-refractivity contribution is 7.91. The third kappa shape index (κ3) is 5.29. The molecule has 1 amide bonds. The molecule has 0 bridgehead atoms. The van der Waals surface area contributed by atoms with Gasteiger partial charge in [-0.1, -0.05) is 0 Å². The van der Waals surface area contributed by atoms with Gasteiger partial charge in [-0.25, -0.2) is 8.42 Å². The van der Waals surface area contributed by atoms with Crippen LogP contribution in [-0.4, -0.2) is 69.7 Å². The Morgan fingerprint density at radius 1 is 1.35 bits per heavy atom. The summed E-state index contributed by atoms with van der Waals surface area (Å²) in [6.07, 6.45) is 1.60. The smallest absolute Gasteiger partial charge is 0.258 e. The third-order valence-electron chi connectivity index (χ3n) is 4.29. The van der Waals surface area contributed by atoms with Gasteiger partial charge in [-0.05, 0) is 6.42 Å². The molecule has 1 aromatic heterocycles. The second-order valence-electron chi connectivity index (χ2n) is 6.42. The molecule has 144 valence electrons. The number of ether oxygens (including phenoxy) is 2. The van der Waals surface area contributed by atoms with Crippen LogP contribution in [0.15, 0.2) is 21.5 Å². The van der Waals surface area contributed by atoms with Crippen molar-refractivity contribution in [2.24, 2.45) is 0 Å². The van der Waals surface area contributed by atoms with E-state index in [-0.39, 0.29) is 29.3 Å². The van der Waals surface area contributed by atoms with E-state index in [0.29, 0.717) is 31.9 Å². The zero-order chi connectivity index (χ0) is 18.6. The second kappa shape index (κ2) is 8.19. The van der Waals surface area contributed by atoms with Crippen molar-refractivity contribution in [2.75, 3.05) is 44.4 Å². The van der Waals surface area contributed by atoms with Crippen molar-refractivity contribution in [3.63, 3.8) is 0 Å². The molecule has 1 atom stereocenters. The van der Waals surface area contributed by atoms with Crippen LogP contribution in [0.3, 0.4) is 0 Å². The number of rotatable bonds is 6. The fraction of sp³-hybridized carbons (Fsp3) is 0.625. The molecule has 2 aliphatic rings. The lowest BCUT2D eigenvalue weighted by Crippen LogP contribution is -2.38. The SMILES string of the molecule is O=C(COc1coc(CN2CCOCC2)cc1=O)NC1CCS(=O)(=O)C1. The number of hydrogen-bond donors (Lipinski definition) is 1. The molecule has 0 spiro atoms. The van der Waals surface area contributed by atoms with Crippen molar-refractivity contribution in [1.29, 1.82) is 0 Å². The summed E-state index contributed by atoms with van der Waals surface area (Å²) in [6, 6.07) is 0.954. The number of carbonyl (C=O) groups is 1. The highest BCUT2D eigenvalue weighted by Crippen LogP contribution is 2.12. The predicted octanol–water partition coefficient (Wildman–Crippen LogP) is -0.846. The standard InChI is InChI=1S/C16H22N2O7S/c19-14-7-13(8-18-2-4-23-5-3-18)24-9-15(14)25-10-16(20)17-12-1-6-26(21,22)11-12/h7,9,12H,1-6,8,10-11H2,(H,17,20). The lowest BCUT2D eigenvalue weighted by Gasteiger charge is -2.25. The first-order chi connectivity index (χ1) is 12.4. The van der Waals surface area contributed by atoms with Crippen LogP contribution in [0, 0.1) is 0 Å². The lowest BCUT2D eigenvalue weighted by molar-refractivity contribution is -0.123. The molecule has 0 aromatic carbocycles. The molecule has 3 heterocycles. The van der Waals surface area contributed by atoms with E-state index in [4.69, 9.17) is 13.9 Å². The number of nitrogens with zero attached hydrogens (tertiary/aromatic N) is 1. The summed E-state index contributed by atoms with van der Waals surface area (Å²) >= 11 is 0. The molecule has 1 aromatic rings. The van der Waals surface area contributed by atoms with Crippen LogP contribution < -0.4 is 15.5 Å². The van der Waals surface area contributed by atoms with Gasteiger partial charge in [0.05, 0.1) is 31.3 Å². The molecule has 3 rings (SSSR count). The summed E-state index contributed by atoms with van der Waals surface area (Å²) in [4.78, 5) is 26.0. The van der Waals surface area contributed by atoms with E-state index >= 15 is 0 Å². The topological polar surface area (TPSA) is 115 Å². The van der Waals surface area contributed by atoms with Gasteiger partial charge in [-0.15, -0.1) is 0 Å². The first-order valence-corrected chi connectivity index (χ1v) is 10.3. The number of amides is 1. The molecule has 0 saturated carbocycles. The van der Waals surface area contributed by atoms with E-state index in [1.165, 1.54) is 12.3 Å². The molecule has 9 nitrogen and oxygen atoms in total. The van der Waals surface area contributed by atoms with Gasteiger partial charge in [-0.3, -0.25) is 14.5 Å². The van der Waals surface area contributed by atoms with E-state index in [2.05, 4.69) is 10.2 Å². The minimum absolute atomic E-state index is 0.0510. The molecule has 1 N–H and O–H groups in total. The second-order valence-corrected chi connectivity index (χ2v) is 8.65. The van der Waals surface area contributed by atoms with E-state index in [0.717, 1.165) is 13.1 Å². The van der Waals surface area contributed by atoms with Crippen LogP contribution in [0.1, 0.15) is 12.2 Å². The van der Waals surface area contributed by atoms with Gasteiger partial charge in [-0.2, -0.15) is 0 Å². The van der Waals surface area contributed by atoms with Crippen LogP contribution in [0.5, 0.6) is 5.75 Å². The maximum atomic E-state index is 12.1. The van der Waals surface area contributed by atoms with Crippen molar-refractivity contribution in [1.82, 2.24) is 10.2 Å². The quantitative estimate of drug-likeness (QED) is 0.673. The maximum absolute atomic E-state index is 12.1. The molecule has 2 fully saturated rings. The van der Waals surface area contributed by atoms with Gasteiger partial charge in [0, 0.05) is 25.2 Å². The molecule has 0 aliphatic carbocycles. The number of sulfone groups is 1. The lowest BCUT2D eigenvalue weighted by atomic mass is 10.2. The van der Waals surface area contributed by atoms with Gasteiger partial charge in [0.1, 0.15) is 12.0 Å². The van der Waals surface area contributed by atoms with Crippen LogP contribution in [0.2, 0.25) is 0 Å². The first-order valence-electron chi connectivity index (χ1n) is 8.46. The minimum atomic E-state index is -3.06. The molecule has 0 radical (unpaired) electrons. The van der Waals surface area contributed by atoms with Crippen LogP contribution >= 0.6 is 0 Å². The molecule has 2 aliphatic heterocycles. The van der Waals surface area contributed by atoms with Gasteiger partial charge >= 0.3 is 0 Å². The molecular formula is C16H22N2O7S. The Labute approximate surface area is 151 Å². The zero-order valence-electron chi connectivity index (χ0n) is 14.3. The maximum Gasteiger partial charge on any atom is 0.258 e. The Morgan fingerprint density at radius 3 is 2.77 bits per heavy atom. The average Bonchev–Trinajstić information content (AvgIpc) is 2.93. The Kier molecular flexibility index (Phi) is 5.94. The fourth-order valence-corrected chi connectivity index (χ4v) is 4.60. The van der Waals surface area contributed by atoms with E-state index in [1.54, 1.807) is 0 Å². The van der Waals surface area contributed by atoms with Crippen LogP contribution in [0.25, 0.3) is 0 Å². The molecule has 26 heavy (non-hydrogen) atoms. The average molecular weight is 386 g/mol. The molecular weight excluding hydrogens is 364 g/mol. The summed E-state index contributed by atoms with van der Waals surface area (Å²) in [5.41, 5.74) is -0.365. The highest BCUT2D eigenvalue weighted by Gasteiger charge is 2.29. The van der Waals surface area contributed by atoms with E-state index in [9.17, 15) is 18.0 Å². The van der Waals surface area contributed by atoms with Crippen molar-refractivity contribution >= 4 is 15.7 Å². The Hall–Kier alpha value is -1.91. The summed E-state index contributed by atoms with van der Waals surface area (Å²) in [5.74, 6) is 0.0167. The predicted molar refractivity (Wildman–Crippen MR) is 91.8 cm³/mol.